The third-order valence-corrected chi connectivity index (χ3v) is 6.44. The fraction of sp³-hybridized carbons (Fsp3) is 0.423. The highest BCUT2D eigenvalue weighted by atomic mass is 19.1. The van der Waals surface area contributed by atoms with Gasteiger partial charge in [-0.15, -0.1) is 0 Å². The van der Waals surface area contributed by atoms with Crippen molar-refractivity contribution in [3.8, 4) is 22.6 Å². The summed E-state index contributed by atoms with van der Waals surface area (Å²) in [6.07, 6.45) is 4.63. The molecular formula is C26H34FN7. The molecule has 7 nitrogen and oxygen atoms in total. The number of aromatic nitrogens is 5. The van der Waals surface area contributed by atoms with Crippen LogP contribution in [0.3, 0.4) is 0 Å². The first kappa shape index (κ1) is 23.9. The Morgan fingerprint density at radius 3 is 2.41 bits per heavy atom. The number of nitrogens with zero attached hydrogens (tertiary/aromatic N) is 6. The molecule has 0 spiro atoms. The molecule has 4 aromatic rings. The monoisotopic (exact) mass is 463 g/mol. The first-order valence-electron chi connectivity index (χ1n) is 12.0. The summed E-state index contributed by atoms with van der Waals surface area (Å²) >= 11 is 0. The minimum absolute atomic E-state index is 0.244. The molecule has 0 radical (unpaired) electrons. The second kappa shape index (κ2) is 9.93. The molecular weight excluding hydrogens is 429 g/mol. The van der Waals surface area contributed by atoms with Gasteiger partial charge < -0.3 is 15.2 Å². The molecule has 0 aliphatic heterocycles. The highest BCUT2D eigenvalue weighted by Gasteiger charge is 2.28. The molecule has 2 N–H and O–H groups in total. The van der Waals surface area contributed by atoms with Gasteiger partial charge >= 0.3 is 0 Å². The van der Waals surface area contributed by atoms with Gasteiger partial charge in [-0.1, -0.05) is 20.8 Å². The van der Waals surface area contributed by atoms with Crippen molar-refractivity contribution in [2.75, 3.05) is 26.4 Å². The maximum Gasteiger partial charge on any atom is 0.156 e. The molecule has 3 heterocycles. The topological polar surface area (TPSA) is 77.3 Å². The number of imidazole rings is 2. The summed E-state index contributed by atoms with van der Waals surface area (Å²) in [6, 6.07) is 10.7. The Balaban J connectivity index is 2.00. The van der Waals surface area contributed by atoms with Crippen molar-refractivity contribution < 1.29 is 4.39 Å². The second-order valence-corrected chi connectivity index (χ2v) is 9.19. The van der Waals surface area contributed by atoms with Gasteiger partial charge in [-0.2, -0.15) is 5.10 Å². The summed E-state index contributed by atoms with van der Waals surface area (Å²) < 4.78 is 17.9. The summed E-state index contributed by atoms with van der Waals surface area (Å²) in [5, 5.41) is 4.87. The maximum atomic E-state index is 13.8. The third kappa shape index (κ3) is 4.68. The second-order valence-electron chi connectivity index (χ2n) is 9.19. The minimum atomic E-state index is -0.266. The Labute approximate surface area is 200 Å². The predicted molar refractivity (Wildman–Crippen MR) is 135 cm³/mol. The number of fused-ring (bicyclic) bond motifs is 1. The van der Waals surface area contributed by atoms with Crippen LogP contribution in [-0.4, -0.2) is 49.7 Å². The maximum absolute atomic E-state index is 13.8. The quantitative estimate of drug-likeness (QED) is 0.360. The number of hydrogen-bond acceptors (Lipinski definition) is 5. The third-order valence-electron chi connectivity index (χ3n) is 6.44. The molecule has 2 atom stereocenters. The van der Waals surface area contributed by atoms with E-state index in [2.05, 4.69) is 49.3 Å². The molecule has 0 saturated heterocycles. The van der Waals surface area contributed by atoms with Crippen LogP contribution >= 0.6 is 0 Å². The first-order chi connectivity index (χ1) is 16.3. The predicted octanol–water partition coefficient (Wildman–Crippen LogP) is 5.40. The average Bonchev–Trinajstić information content (AvgIpc) is 3.39. The van der Waals surface area contributed by atoms with Crippen LogP contribution in [0.25, 0.3) is 28.3 Å². The summed E-state index contributed by atoms with van der Waals surface area (Å²) in [6.45, 7) is 7.57. The van der Waals surface area contributed by atoms with E-state index in [0.29, 0.717) is 11.5 Å². The highest BCUT2D eigenvalue weighted by Crippen LogP contribution is 2.39. The molecule has 8 heteroatoms. The number of benzene rings is 1. The van der Waals surface area contributed by atoms with Gasteiger partial charge in [0.1, 0.15) is 23.2 Å². The van der Waals surface area contributed by atoms with Gasteiger partial charge in [0.2, 0.25) is 0 Å². The Hall–Kier alpha value is -3.26. The molecule has 0 bridgehead atoms. The lowest BCUT2D eigenvalue weighted by atomic mass is 10.0. The first-order valence-corrected chi connectivity index (χ1v) is 12.0. The van der Waals surface area contributed by atoms with Gasteiger partial charge in [-0.05, 0) is 76.3 Å². The zero-order chi connectivity index (χ0) is 24.4. The van der Waals surface area contributed by atoms with E-state index in [1.54, 1.807) is 22.8 Å². The standard InChI is InChI=1S/C26H34FN7/c1-6-17(3)26-30-24(18-8-10-19(27)11-9-18)25(34(26)20(7-2)14-15-32(4)5)21-12-13-23-29-22(28)16-33(23)31-21/h8-13,16-17,20H,6-7,14-15,28H2,1-5H3. The molecule has 34 heavy (non-hydrogen) atoms. The zero-order valence-electron chi connectivity index (χ0n) is 20.7. The Morgan fingerprint density at radius 2 is 1.76 bits per heavy atom. The molecule has 1 aromatic carbocycles. The van der Waals surface area contributed by atoms with Gasteiger partial charge in [0.25, 0.3) is 0 Å². The van der Waals surface area contributed by atoms with Gasteiger partial charge in [0, 0.05) is 17.5 Å². The lowest BCUT2D eigenvalue weighted by Gasteiger charge is -2.25. The van der Waals surface area contributed by atoms with Crippen LogP contribution in [0.5, 0.6) is 0 Å². The Bertz CT molecular complexity index is 1260. The van der Waals surface area contributed by atoms with Crippen molar-refractivity contribution in [3.63, 3.8) is 0 Å². The van der Waals surface area contributed by atoms with E-state index in [9.17, 15) is 4.39 Å². The van der Waals surface area contributed by atoms with Crippen LogP contribution in [0.1, 0.15) is 57.8 Å². The molecule has 2 unspecified atom stereocenters. The van der Waals surface area contributed by atoms with Gasteiger partial charge in [-0.25, -0.2) is 18.9 Å². The van der Waals surface area contributed by atoms with Crippen molar-refractivity contribution in [2.24, 2.45) is 0 Å². The molecule has 0 aliphatic carbocycles. The lowest BCUT2D eigenvalue weighted by molar-refractivity contribution is 0.336. The number of nitrogens with two attached hydrogens (primary N) is 1. The summed E-state index contributed by atoms with van der Waals surface area (Å²) in [5.74, 6) is 1.45. The van der Waals surface area contributed by atoms with Crippen molar-refractivity contribution in [2.45, 2.75) is 52.0 Å². The molecule has 180 valence electrons. The molecule has 0 fully saturated rings. The number of halogens is 1. The van der Waals surface area contributed by atoms with Gasteiger partial charge in [-0.3, -0.25) is 0 Å². The lowest BCUT2D eigenvalue weighted by Crippen LogP contribution is -2.21. The summed E-state index contributed by atoms with van der Waals surface area (Å²) in [5.41, 5.74) is 10.0. The van der Waals surface area contributed by atoms with Crippen molar-refractivity contribution in [3.05, 3.63) is 54.2 Å². The highest BCUT2D eigenvalue weighted by molar-refractivity contribution is 5.78. The van der Waals surface area contributed by atoms with Crippen LogP contribution < -0.4 is 5.73 Å². The molecule has 0 saturated carbocycles. The molecule has 0 amide bonds. The zero-order valence-corrected chi connectivity index (χ0v) is 20.7. The van der Waals surface area contributed by atoms with Gasteiger partial charge in [0.05, 0.1) is 17.6 Å². The van der Waals surface area contributed by atoms with Crippen LogP contribution in [0.2, 0.25) is 0 Å². The van der Waals surface area contributed by atoms with Gasteiger partial charge in [0.15, 0.2) is 5.65 Å². The molecule has 0 aliphatic rings. The summed E-state index contributed by atoms with van der Waals surface area (Å²) in [4.78, 5) is 11.7. The van der Waals surface area contributed by atoms with Crippen LogP contribution in [0, 0.1) is 5.82 Å². The average molecular weight is 464 g/mol. The van der Waals surface area contributed by atoms with Crippen molar-refractivity contribution in [1.29, 1.82) is 0 Å². The van der Waals surface area contributed by atoms with E-state index in [-0.39, 0.29) is 17.8 Å². The summed E-state index contributed by atoms with van der Waals surface area (Å²) in [7, 11) is 4.19. The SMILES string of the molecule is CCC(C)c1nc(-c2ccc(F)cc2)c(-c2ccc3nc(N)cn3n2)n1C(CC)CCN(C)C. The van der Waals surface area contributed by atoms with Crippen molar-refractivity contribution in [1.82, 2.24) is 29.0 Å². The van der Waals surface area contributed by atoms with E-state index in [0.717, 1.165) is 54.3 Å². The Kier molecular flexibility index (Phi) is 6.97. The number of nitrogen functional groups attached to an aromatic ring is 1. The minimum Gasteiger partial charge on any atom is -0.382 e. The number of anilines is 1. The van der Waals surface area contributed by atoms with E-state index < -0.39 is 0 Å². The van der Waals surface area contributed by atoms with Crippen LogP contribution in [-0.2, 0) is 0 Å². The number of rotatable bonds is 9. The van der Waals surface area contributed by atoms with E-state index in [1.807, 2.05) is 12.1 Å². The van der Waals surface area contributed by atoms with Crippen molar-refractivity contribution >= 4 is 11.5 Å². The Morgan fingerprint density at radius 1 is 1.03 bits per heavy atom. The largest absolute Gasteiger partial charge is 0.382 e. The molecule has 4 rings (SSSR count). The van der Waals surface area contributed by atoms with Crippen LogP contribution in [0.4, 0.5) is 10.2 Å². The van der Waals surface area contributed by atoms with Crippen LogP contribution in [0.15, 0.2) is 42.6 Å². The fourth-order valence-electron chi connectivity index (χ4n) is 4.35. The van der Waals surface area contributed by atoms with E-state index >= 15 is 0 Å². The van der Waals surface area contributed by atoms with E-state index in [1.165, 1.54) is 12.1 Å². The normalized spacial score (nSPS) is 13.6. The smallest absolute Gasteiger partial charge is 0.156 e. The van der Waals surface area contributed by atoms with E-state index in [4.69, 9.17) is 15.8 Å². The number of hydrogen-bond donors (Lipinski definition) is 1. The molecule has 3 aromatic heterocycles. The fourth-order valence-corrected chi connectivity index (χ4v) is 4.35.